The van der Waals surface area contributed by atoms with Crippen LogP contribution < -0.4 is 5.32 Å². The number of esters is 1. The monoisotopic (exact) mass is 374 g/mol. The number of carbonyl (C=O) groups excluding carboxylic acids is 1. The summed E-state index contributed by atoms with van der Waals surface area (Å²) in [7, 11) is 1.28. The Morgan fingerprint density at radius 2 is 2.00 bits per heavy atom. The Morgan fingerprint density at radius 3 is 2.63 bits per heavy atom. The van der Waals surface area contributed by atoms with E-state index in [1.165, 1.54) is 19.2 Å². The molecule has 1 aliphatic heterocycles. The quantitative estimate of drug-likeness (QED) is 0.482. The number of hydrogen-bond acceptors (Lipinski definition) is 6. The number of anilines is 1. The normalized spacial score (nSPS) is 20.3. The van der Waals surface area contributed by atoms with Gasteiger partial charge in [0.25, 0.3) is 0 Å². The molecule has 2 atom stereocenters. The van der Waals surface area contributed by atoms with Crippen LogP contribution in [0.3, 0.4) is 0 Å². The summed E-state index contributed by atoms with van der Waals surface area (Å²) in [6.07, 6.45) is -0.965. The number of nitro groups is 1. The van der Waals surface area contributed by atoms with Crippen molar-refractivity contribution in [3.05, 3.63) is 69.0 Å². The van der Waals surface area contributed by atoms with Gasteiger partial charge >= 0.3 is 11.7 Å². The summed E-state index contributed by atoms with van der Waals surface area (Å²) in [6.45, 7) is 3.58. The Hall–Kier alpha value is -3.00. The van der Waals surface area contributed by atoms with E-state index in [2.05, 4.69) is 5.32 Å². The number of rotatable bonds is 3. The van der Waals surface area contributed by atoms with Gasteiger partial charge in [-0.2, -0.15) is 4.39 Å². The van der Waals surface area contributed by atoms with Crippen molar-refractivity contribution >= 4 is 17.3 Å². The number of halogens is 1. The number of nitro benzene ring substituents is 1. The number of hydrogen-bond donors (Lipinski definition) is 2. The van der Waals surface area contributed by atoms with Crippen molar-refractivity contribution in [2.75, 3.05) is 12.4 Å². The molecule has 2 unspecified atom stereocenters. The van der Waals surface area contributed by atoms with Crippen molar-refractivity contribution in [1.29, 1.82) is 0 Å². The van der Waals surface area contributed by atoms with Gasteiger partial charge in [0.1, 0.15) is 0 Å². The molecule has 7 nitrogen and oxygen atoms in total. The van der Waals surface area contributed by atoms with Crippen LogP contribution in [0.1, 0.15) is 47.5 Å². The van der Waals surface area contributed by atoms with Gasteiger partial charge in [-0.05, 0) is 29.8 Å². The zero-order valence-corrected chi connectivity index (χ0v) is 15.0. The van der Waals surface area contributed by atoms with Gasteiger partial charge in [0, 0.05) is 22.7 Å². The third kappa shape index (κ3) is 3.12. The van der Waals surface area contributed by atoms with E-state index in [1.807, 2.05) is 0 Å². The van der Waals surface area contributed by atoms with Crippen LogP contribution in [0, 0.1) is 21.3 Å². The molecule has 0 radical (unpaired) electrons. The second-order valence-corrected chi connectivity index (χ2v) is 7.06. The highest BCUT2D eigenvalue weighted by molar-refractivity contribution is 5.90. The van der Waals surface area contributed by atoms with E-state index in [4.69, 9.17) is 4.74 Å². The Morgan fingerprint density at radius 1 is 1.30 bits per heavy atom. The molecule has 0 aromatic heterocycles. The molecule has 2 N–H and O–H groups in total. The molecular weight excluding hydrogens is 355 g/mol. The lowest BCUT2D eigenvalue weighted by atomic mass is 9.70. The number of ether oxygens (including phenoxy) is 1. The molecule has 2 aromatic carbocycles. The number of methoxy groups -OCH3 is 1. The van der Waals surface area contributed by atoms with Crippen LogP contribution in [-0.2, 0) is 4.74 Å². The highest BCUT2D eigenvalue weighted by Gasteiger charge is 2.43. The Balaban J connectivity index is 2.07. The van der Waals surface area contributed by atoms with E-state index in [0.717, 1.165) is 6.07 Å². The van der Waals surface area contributed by atoms with Crippen LogP contribution >= 0.6 is 0 Å². The van der Waals surface area contributed by atoms with Crippen LogP contribution in [0.2, 0.25) is 0 Å². The summed E-state index contributed by atoms with van der Waals surface area (Å²) >= 11 is 0. The zero-order valence-electron chi connectivity index (χ0n) is 15.0. The minimum absolute atomic E-state index is 0.309. The molecule has 3 rings (SSSR count). The number of nitrogens with zero attached hydrogens (tertiary/aromatic N) is 1. The molecule has 1 aliphatic rings. The summed E-state index contributed by atoms with van der Waals surface area (Å²) in [5.74, 6) is -1.43. The first-order valence-corrected chi connectivity index (χ1v) is 8.27. The van der Waals surface area contributed by atoms with Gasteiger partial charge in [0.05, 0.1) is 29.7 Å². The number of nitrogens with one attached hydrogen (secondary N) is 1. The lowest BCUT2D eigenvalue weighted by Gasteiger charge is -2.44. The van der Waals surface area contributed by atoms with Crippen molar-refractivity contribution in [3.8, 4) is 0 Å². The molecule has 1 heterocycles. The van der Waals surface area contributed by atoms with E-state index < -0.39 is 40.0 Å². The average molecular weight is 374 g/mol. The molecule has 0 fully saturated rings. The maximum atomic E-state index is 13.7. The second kappa shape index (κ2) is 6.62. The predicted octanol–water partition coefficient (Wildman–Crippen LogP) is 3.75. The maximum Gasteiger partial charge on any atom is 0.337 e. The van der Waals surface area contributed by atoms with Gasteiger partial charge in [-0.1, -0.05) is 19.9 Å². The molecule has 0 bridgehead atoms. The fraction of sp³-hybridized carbons (Fsp3) is 0.316. The molecule has 8 heteroatoms. The van der Waals surface area contributed by atoms with Gasteiger partial charge in [-0.3, -0.25) is 10.1 Å². The minimum atomic E-state index is -0.965. The van der Waals surface area contributed by atoms with E-state index in [-0.39, 0.29) is 0 Å². The van der Waals surface area contributed by atoms with Gasteiger partial charge in [-0.15, -0.1) is 0 Å². The fourth-order valence-electron chi connectivity index (χ4n) is 3.43. The molecule has 0 aliphatic carbocycles. The number of carbonyl (C=O) groups is 1. The van der Waals surface area contributed by atoms with Crippen LogP contribution in [0.5, 0.6) is 0 Å². The molecule has 0 saturated heterocycles. The number of fused-ring (bicyclic) bond motifs is 1. The van der Waals surface area contributed by atoms with E-state index in [0.29, 0.717) is 22.4 Å². The molecule has 27 heavy (non-hydrogen) atoms. The van der Waals surface area contributed by atoms with Crippen molar-refractivity contribution in [3.63, 3.8) is 0 Å². The highest BCUT2D eigenvalue weighted by Crippen LogP contribution is 2.51. The Bertz CT molecular complexity index is 928. The molecule has 142 valence electrons. The first-order valence-electron chi connectivity index (χ1n) is 8.27. The lowest BCUT2D eigenvalue weighted by molar-refractivity contribution is -0.387. The predicted molar refractivity (Wildman–Crippen MR) is 95.9 cm³/mol. The van der Waals surface area contributed by atoms with Crippen molar-refractivity contribution in [1.82, 2.24) is 0 Å². The third-order valence-corrected chi connectivity index (χ3v) is 5.02. The highest BCUT2D eigenvalue weighted by atomic mass is 19.1. The van der Waals surface area contributed by atoms with E-state index in [9.17, 15) is 24.4 Å². The lowest BCUT2D eigenvalue weighted by Crippen LogP contribution is -2.38. The fourth-order valence-corrected chi connectivity index (χ4v) is 3.43. The number of benzene rings is 2. The zero-order chi connectivity index (χ0) is 19.9. The third-order valence-electron chi connectivity index (χ3n) is 5.02. The van der Waals surface area contributed by atoms with Crippen molar-refractivity contribution in [2.45, 2.75) is 26.0 Å². The van der Waals surface area contributed by atoms with E-state index >= 15 is 0 Å². The van der Waals surface area contributed by atoms with E-state index in [1.54, 1.807) is 32.0 Å². The first kappa shape index (κ1) is 18.8. The number of aliphatic hydroxyl groups is 1. The Labute approximate surface area is 154 Å². The summed E-state index contributed by atoms with van der Waals surface area (Å²) in [4.78, 5) is 22.0. The largest absolute Gasteiger partial charge is 0.465 e. The van der Waals surface area contributed by atoms with Gasteiger partial charge in [-0.25, -0.2) is 4.79 Å². The van der Waals surface area contributed by atoms with Crippen LogP contribution in [-0.4, -0.2) is 23.1 Å². The summed E-state index contributed by atoms with van der Waals surface area (Å²) in [5.41, 5.74) is 0.486. The summed E-state index contributed by atoms with van der Waals surface area (Å²) in [5, 5.41) is 25.2. The standard InChI is InChI=1S/C19H19FN2O5/c1-19(2)16(10-4-6-13(20)15(9-10)22(25)26)21-14-7-5-11(18(24)27-3)8-12(14)17(19)23/h4-9,16-17,21,23H,1-3H3. The summed E-state index contributed by atoms with van der Waals surface area (Å²) < 4.78 is 18.4. The van der Waals surface area contributed by atoms with Crippen LogP contribution in [0.4, 0.5) is 15.8 Å². The van der Waals surface area contributed by atoms with Gasteiger partial charge in [0.2, 0.25) is 5.82 Å². The van der Waals surface area contributed by atoms with Gasteiger partial charge < -0.3 is 15.2 Å². The molecule has 0 saturated carbocycles. The SMILES string of the molecule is COC(=O)c1ccc2c(c1)C(O)C(C)(C)C(c1ccc(F)c([N+](=O)[O-])c1)N2. The van der Waals surface area contributed by atoms with Crippen LogP contribution in [0.15, 0.2) is 36.4 Å². The first-order chi connectivity index (χ1) is 12.7. The Kier molecular flexibility index (Phi) is 4.61. The average Bonchev–Trinajstić information content (AvgIpc) is 2.64. The molecule has 0 amide bonds. The molecule has 2 aromatic rings. The minimum Gasteiger partial charge on any atom is -0.465 e. The van der Waals surface area contributed by atoms with Gasteiger partial charge in [0.15, 0.2) is 0 Å². The van der Waals surface area contributed by atoms with Crippen molar-refractivity contribution < 1.29 is 24.0 Å². The number of aliphatic hydroxyl groups excluding tert-OH is 1. The summed E-state index contributed by atoms with van der Waals surface area (Å²) in [6, 6.07) is 7.94. The topological polar surface area (TPSA) is 102 Å². The van der Waals surface area contributed by atoms with Crippen LogP contribution in [0.25, 0.3) is 0 Å². The molecular formula is C19H19FN2O5. The smallest absolute Gasteiger partial charge is 0.337 e. The maximum absolute atomic E-state index is 13.7. The van der Waals surface area contributed by atoms with Crippen molar-refractivity contribution in [2.24, 2.45) is 5.41 Å². The molecule has 0 spiro atoms. The second-order valence-electron chi connectivity index (χ2n) is 7.06.